The Balaban J connectivity index is 2.30. The van der Waals surface area contributed by atoms with Crippen LogP contribution in [0.25, 0.3) is 0 Å². The van der Waals surface area contributed by atoms with E-state index in [0.29, 0.717) is 11.6 Å². The topological polar surface area (TPSA) is 84.0 Å². The summed E-state index contributed by atoms with van der Waals surface area (Å²) in [5.74, 6) is 0.369. The number of anilines is 2. The van der Waals surface area contributed by atoms with E-state index in [1.807, 2.05) is 12.1 Å². The van der Waals surface area contributed by atoms with E-state index < -0.39 is 10.0 Å². The van der Waals surface area contributed by atoms with Gasteiger partial charge in [0.05, 0.1) is 18.1 Å². The molecule has 0 unspecified atom stereocenters. The Kier molecular flexibility index (Phi) is 4.20. The summed E-state index contributed by atoms with van der Waals surface area (Å²) in [7, 11) is -2.01. The number of hydrogen-bond donors (Lipinski definition) is 2. The molecule has 0 radical (unpaired) electrons. The molecular formula is C11H11IN4O2S. The second-order valence-electron chi connectivity index (χ2n) is 3.58. The largest absolute Gasteiger partial charge is 0.357 e. The van der Waals surface area contributed by atoms with Crippen molar-refractivity contribution in [1.82, 2.24) is 9.97 Å². The standard InChI is InChI=1S/C11H11IN4O2S/c1-13-11-14-6-8(7-15-11)19(17,18)16-10-5-3-2-4-9(10)12/h2-7,16H,1H3,(H,13,14,15). The lowest BCUT2D eigenvalue weighted by Crippen LogP contribution is -2.14. The number of nitrogens with one attached hydrogen (secondary N) is 2. The molecule has 2 N–H and O–H groups in total. The minimum Gasteiger partial charge on any atom is -0.357 e. The van der Waals surface area contributed by atoms with E-state index in [1.165, 1.54) is 12.4 Å². The van der Waals surface area contributed by atoms with E-state index in [0.717, 1.165) is 3.57 Å². The van der Waals surface area contributed by atoms with Gasteiger partial charge < -0.3 is 5.32 Å². The fraction of sp³-hybridized carbons (Fsp3) is 0.0909. The highest BCUT2D eigenvalue weighted by atomic mass is 127. The Labute approximate surface area is 124 Å². The molecular weight excluding hydrogens is 379 g/mol. The molecule has 0 aliphatic rings. The van der Waals surface area contributed by atoms with E-state index in [1.54, 1.807) is 19.2 Å². The van der Waals surface area contributed by atoms with E-state index >= 15 is 0 Å². The lowest BCUT2D eigenvalue weighted by Gasteiger charge is -2.09. The number of nitrogens with zero attached hydrogens (tertiary/aromatic N) is 2. The van der Waals surface area contributed by atoms with Crippen molar-refractivity contribution in [1.29, 1.82) is 0 Å². The number of halogens is 1. The van der Waals surface area contributed by atoms with Crippen LogP contribution in [0.5, 0.6) is 0 Å². The Hall–Kier alpha value is -1.42. The average molecular weight is 390 g/mol. The summed E-state index contributed by atoms with van der Waals surface area (Å²) >= 11 is 2.06. The van der Waals surface area contributed by atoms with Crippen molar-refractivity contribution in [3.8, 4) is 0 Å². The van der Waals surface area contributed by atoms with Gasteiger partial charge in [0.15, 0.2) is 0 Å². The van der Waals surface area contributed by atoms with Gasteiger partial charge in [-0.3, -0.25) is 4.72 Å². The van der Waals surface area contributed by atoms with Crippen LogP contribution in [0.3, 0.4) is 0 Å². The van der Waals surface area contributed by atoms with Gasteiger partial charge in [0.2, 0.25) is 5.95 Å². The van der Waals surface area contributed by atoms with Gasteiger partial charge in [-0.15, -0.1) is 0 Å². The lowest BCUT2D eigenvalue weighted by atomic mass is 10.3. The summed E-state index contributed by atoms with van der Waals surface area (Å²) < 4.78 is 27.6. The van der Waals surface area contributed by atoms with Crippen molar-refractivity contribution >= 4 is 44.2 Å². The maximum atomic E-state index is 12.1. The van der Waals surface area contributed by atoms with Crippen molar-refractivity contribution in [2.75, 3.05) is 17.1 Å². The fourth-order valence-corrected chi connectivity index (χ4v) is 3.01. The zero-order valence-electron chi connectivity index (χ0n) is 9.96. The highest BCUT2D eigenvalue weighted by Crippen LogP contribution is 2.20. The summed E-state index contributed by atoms with van der Waals surface area (Å²) in [6.45, 7) is 0. The monoisotopic (exact) mass is 390 g/mol. The Morgan fingerprint density at radius 1 is 1.16 bits per heavy atom. The van der Waals surface area contributed by atoms with Crippen molar-refractivity contribution < 1.29 is 8.42 Å². The predicted molar refractivity (Wildman–Crippen MR) is 81.5 cm³/mol. The first kappa shape index (κ1) is 14.0. The molecule has 0 atom stereocenters. The van der Waals surface area contributed by atoms with Gasteiger partial charge in [0.1, 0.15) is 4.90 Å². The summed E-state index contributed by atoms with van der Waals surface area (Å²) in [5.41, 5.74) is 0.529. The van der Waals surface area contributed by atoms with Crippen molar-refractivity contribution in [2.24, 2.45) is 0 Å². The van der Waals surface area contributed by atoms with Crippen LogP contribution in [0.1, 0.15) is 0 Å². The number of aromatic nitrogens is 2. The third kappa shape index (κ3) is 3.32. The molecule has 100 valence electrons. The third-order valence-corrected chi connectivity index (χ3v) is 4.54. The highest BCUT2D eigenvalue weighted by Gasteiger charge is 2.16. The zero-order chi connectivity index (χ0) is 13.9. The van der Waals surface area contributed by atoms with Gasteiger partial charge >= 0.3 is 0 Å². The molecule has 0 saturated heterocycles. The lowest BCUT2D eigenvalue weighted by molar-refractivity contribution is 0.600. The molecule has 0 aliphatic carbocycles. The van der Waals surface area contributed by atoms with Crippen LogP contribution in [0.2, 0.25) is 0 Å². The Morgan fingerprint density at radius 2 is 1.79 bits per heavy atom. The highest BCUT2D eigenvalue weighted by molar-refractivity contribution is 14.1. The molecule has 0 aliphatic heterocycles. The minimum atomic E-state index is -3.67. The van der Waals surface area contributed by atoms with Crippen LogP contribution >= 0.6 is 22.6 Å². The summed E-state index contributed by atoms with van der Waals surface area (Å²) in [6.07, 6.45) is 2.52. The third-order valence-electron chi connectivity index (χ3n) is 2.28. The number of benzene rings is 1. The first-order valence-electron chi connectivity index (χ1n) is 5.30. The molecule has 1 aromatic heterocycles. The van der Waals surface area contributed by atoms with Crippen molar-refractivity contribution in [2.45, 2.75) is 4.90 Å². The van der Waals surface area contributed by atoms with Crippen LogP contribution in [0.15, 0.2) is 41.6 Å². The molecule has 0 spiro atoms. The number of sulfonamides is 1. The Morgan fingerprint density at radius 3 is 2.37 bits per heavy atom. The second kappa shape index (κ2) is 5.70. The summed E-state index contributed by atoms with van der Waals surface area (Å²) in [5, 5.41) is 2.73. The first-order valence-corrected chi connectivity index (χ1v) is 7.86. The minimum absolute atomic E-state index is 0.0196. The van der Waals surface area contributed by atoms with Crippen molar-refractivity contribution in [3.63, 3.8) is 0 Å². The average Bonchev–Trinajstić information content (AvgIpc) is 2.41. The number of hydrogen-bond acceptors (Lipinski definition) is 5. The Bertz CT molecular complexity index is 673. The van der Waals surface area contributed by atoms with E-state index in [9.17, 15) is 8.42 Å². The molecule has 1 heterocycles. The van der Waals surface area contributed by atoms with Gasteiger partial charge in [-0.05, 0) is 34.7 Å². The van der Waals surface area contributed by atoms with E-state index in [2.05, 4.69) is 42.6 Å². The van der Waals surface area contributed by atoms with Crippen LogP contribution < -0.4 is 10.0 Å². The van der Waals surface area contributed by atoms with Gasteiger partial charge in [0, 0.05) is 10.6 Å². The molecule has 2 rings (SSSR count). The molecule has 19 heavy (non-hydrogen) atoms. The zero-order valence-corrected chi connectivity index (χ0v) is 12.9. The number of rotatable bonds is 4. The van der Waals surface area contributed by atoms with Gasteiger partial charge in [-0.2, -0.15) is 0 Å². The van der Waals surface area contributed by atoms with Gasteiger partial charge in [0.25, 0.3) is 10.0 Å². The summed E-state index contributed by atoms with van der Waals surface area (Å²) in [6, 6.07) is 7.12. The fourth-order valence-electron chi connectivity index (χ4n) is 1.33. The van der Waals surface area contributed by atoms with Crippen LogP contribution in [0.4, 0.5) is 11.6 Å². The SMILES string of the molecule is CNc1ncc(S(=O)(=O)Nc2ccccc2I)cn1. The predicted octanol–water partition coefficient (Wildman–Crippen LogP) is 1.92. The van der Waals surface area contributed by atoms with E-state index in [-0.39, 0.29) is 4.90 Å². The molecule has 1 aromatic carbocycles. The second-order valence-corrected chi connectivity index (χ2v) is 6.42. The molecule has 8 heteroatoms. The van der Waals surface area contributed by atoms with Crippen LogP contribution in [-0.4, -0.2) is 25.4 Å². The first-order chi connectivity index (χ1) is 9.03. The van der Waals surface area contributed by atoms with E-state index in [4.69, 9.17) is 0 Å². The molecule has 0 saturated carbocycles. The quantitative estimate of drug-likeness (QED) is 0.780. The van der Waals surface area contributed by atoms with Gasteiger partial charge in [-0.25, -0.2) is 18.4 Å². The molecule has 0 fully saturated rings. The molecule has 0 bridgehead atoms. The molecule has 0 amide bonds. The normalized spacial score (nSPS) is 11.1. The van der Waals surface area contributed by atoms with Gasteiger partial charge in [-0.1, -0.05) is 12.1 Å². The smallest absolute Gasteiger partial charge is 0.265 e. The van der Waals surface area contributed by atoms with Crippen molar-refractivity contribution in [3.05, 3.63) is 40.2 Å². The van der Waals surface area contributed by atoms with Crippen LogP contribution in [-0.2, 0) is 10.0 Å². The van der Waals surface area contributed by atoms with Crippen LogP contribution in [0, 0.1) is 3.57 Å². The summed E-state index contributed by atoms with van der Waals surface area (Å²) in [4.78, 5) is 7.79. The molecule has 6 nitrogen and oxygen atoms in total. The maximum Gasteiger partial charge on any atom is 0.265 e. The molecule has 2 aromatic rings. The maximum absolute atomic E-state index is 12.1. The number of para-hydroxylation sites is 1.